The summed E-state index contributed by atoms with van der Waals surface area (Å²) in [5, 5.41) is 11.8. The van der Waals surface area contributed by atoms with Gasteiger partial charge in [-0.3, -0.25) is 0 Å². The Morgan fingerprint density at radius 1 is 1.14 bits per heavy atom. The van der Waals surface area contributed by atoms with Gasteiger partial charge in [0, 0.05) is 19.1 Å². The van der Waals surface area contributed by atoms with Gasteiger partial charge in [0.15, 0.2) is 5.82 Å². The molecule has 2 bridgehead atoms. The summed E-state index contributed by atoms with van der Waals surface area (Å²) in [5.74, 6) is -0.00808. The predicted octanol–water partition coefficient (Wildman–Crippen LogP) is 4.83. The van der Waals surface area contributed by atoms with Crippen molar-refractivity contribution in [3.8, 4) is 11.8 Å². The highest BCUT2D eigenvalue weighted by Crippen LogP contribution is 2.40. The fraction of sp³-hybridized carbons (Fsp3) is 0.545. The molecule has 13 heteroatoms. The van der Waals surface area contributed by atoms with Gasteiger partial charge in [-0.2, -0.15) is 23.1 Å². The number of nitrogens with zero attached hydrogens (tertiary/aromatic N) is 6. The third-order valence-corrected chi connectivity index (χ3v) is 6.46. The third-order valence-electron chi connectivity index (χ3n) is 6.46. The van der Waals surface area contributed by atoms with Gasteiger partial charge in [-0.25, -0.2) is 9.07 Å². The summed E-state index contributed by atoms with van der Waals surface area (Å²) in [6.45, 7) is 6.99. The topological polar surface area (TPSA) is 94.1 Å². The van der Waals surface area contributed by atoms with Crippen molar-refractivity contribution in [2.24, 2.45) is 11.8 Å². The second kappa shape index (κ2) is 8.68. The first-order valence-electron chi connectivity index (χ1n) is 11.4. The zero-order valence-electron chi connectivity index (χ0n) is 19.4. The van der Waals surface area contributed by atoms with Crippen LogP contribution in [0.15, 0.2) is 22.7 Å². The number of benzene rings is 1. The summed E-state index contributed by atoms with van der Waals surface area (Å²) in [6, 6.07) is 2.97. The molecule has 2 aromatic heterocycles. The molecular weight excluding hydrogens is 470 g/mol. The summed E-state index contributed by atoms with van der Waals surface area (Å²) in [4.78, 5) is 10.8. The SMILES string of the molecule is Cc1noc(N2C[C@H]3CC[C@@H](C2)[C@H]3Nc2nc(Oc3ccc(F)c(C(F)(F)F)c3)n(C(C)C)n2)n1. The number of aryl methyl sites for hydroxylation is 1. The van der Waals surface area contributed by atoms with Gasteiger partial charge in [0.2, 0.25) is 5.95 Å². The molecule has 1 aliphatic carbocycles. The van der Waals surface area contributed by atoms with Crippen LogP contribution >= 0.6 is 0 Å². The molecule has 0 radical (unpaired) electrons. The Morgan fingerprint density at radius 3 is 2.46 bits per heavy atom. The van der Waals surface area contributed by atoms with Crippen LogP contribution in [0.1, 0.15) is 44.1 Å². The zero-order chi connectivity index (χ0) is 24.9. The molecule has 2 aliphatic rings. The number of nitrogens with one attached hydrogen (secondary N) is 1. The van der Waals surface area contributed by atoms with Crippen molar-refractivity contribution < 1.29 is 26.8 Å². The fourth-order valence-corrected chi connectivity index (χ4v) is 4.84. The predicted molar refractivity (Wildman–Crippen MR) is 117 cm³/mol. The maximum absolute atomic E-state index is 13.7. The largest absolute Gasteiger partial charge is 0.424 e. The van der Waals surface area contributed by atoms with Gasteiger partial charge in [0.1, 0.15) is 11.6 Å². The minimum absolute atomic E-state index is 0.0216. The molecule has 1 N–H and O–H groups in total. The first-order valence-corrected chi connectivity index (χ1v) is 11.4. The summed E-state index contributed by atoms with van der Waals surface area (Å²) >= 11 is 0. The van der Waals surface area contributed by atoms with Crippen molar-refractivity contribution >= 4 is 12.0 Å². The van der Waals surface area contributed by atoms with Crippen molar-refractivity contribution in [1.82, 2.24) is 24.9 Å². The molecular formula is C22H25F4N7O2. The van der Waals surface area contributed by atoms with Crippen molar-refractivity contribution in [3.63, 3.8) is 0 Å². The van der Waals surface area contributed by atoms with E-state index < -0.39 is 17.6 Å². The third kappa shape index (κ3) is 4.63. The van der Waals surface area contributed by atoms with Crippen LogP contribution in [0.3, 0.4) is 0 Å². The lowest BCUT2D eigenvalue weighted by Gasteiger charge is -2.37. The van der Waals surface area contributed by atoms with Crippen molar-refractivity contribution in [3.05, 3.63) is 35.4 Å². The van der Waals surface area contributed by atoms with E-state index in [1.165, 1.54) is 4.68 Å². The minimum atomic E-state index is -4.84. The highest BCUT2D eigenvalue weighted by Gasteiger charge is 2.44. The lowest BCUT2D eigenvalue weighted by molar-refractivity contribution is -0.140. The van der Waals surface area contributed by atoms with Gasteiger partial charge in [0.25, 0.3) is 0 Å². The second-order valence-corrected chi connectivity index (χ2v) is 9.29. The van der Waals surface area contributed by atoms with E-state index in [-0.39, 0.29) is 23.8 Å². The number of halogens is 4. The Labute approximate surface area is 198 Å². The molecule has 3 heterocycles. The average molecular weight is 495 g/mol. The Hall–Kier alpha value is -3.38. The lowest BCUT2D eigenvalue weighted by Crippen LogP contribution is -2.48. The standard InChI is InChI=1S/C22H25F4N7O2/c1-11(2)33-21(34-15-6-7-17(23)16(8-15)22(24,25)26)29-19(30-33)28-18-13-4-5-14(18)10-32(9-13)20-27-12(3)31-35-20/h6-8,11,13-14,18H,4-5,9-10H2,1-3H3,(H,28,30)/t13-,14+,18+. The summed E-state index contributed by atoms with van der Waals surface area (Å²) in [6.07, 6.45) is -2.79. The van der Waals surface area contributed by atoms with E-state index in [1.54, 1.807) is 6.92 Å². The molecule has 0 spiro atoms. The molecule has 9 nitrogen and oxygen atoms in total. The van der Waals surface area contributed by atoms with E-state index in [9.17, 15) is 17.6 Å². The van der Waals surface area contributed by atoms with E-state index in [0.29, 0.717) is 35.7 Å². The molecule has 1 aromatic carbocycles. The highest BCUT2D eigenvalue weighted by atomic mass is 19.4. The first kappa shape index (κ1) is 23.4. The van der Waals surface area contributed by atoms with Gasteiger partial charge in [-0.15, -0.1) is 5.10 Å². The van der Waals surface area contributed by atoms with Crippen molar-refractivity contribution in [2.45, 2.75) is 51.9 Å². The number of hydrogen-bond donors (Lipinski definition) is 1. The van der Waals surface area contributed by atoms with E-state index in [0.717, 1.165) is 38.1 Å². The van der Waals surface area contributed by atoms with Crippen LogP contribution < -0.4 is 15.0 Å². The highest BCUT2D eigenvalue weighted by molar-refractivity contribution is 5.37. The Balaban J connectivity index is 1.34. The lowest BCUT2D eigenvalue weighted by atomic mass is 9.92. The quantitative estimate of drug-likeness (QED) is 0.486. The number of piperidine rings is 1. The monoisotopic (exact) mass is 495 g/mol. The molecule has 3 atom stereocenters. The molecule has 35 heavy (non-hydrogen) atoms. The smallest absolute Gasteiger partial charge is 0.419 e. The fourth-order valence-electron chi connectivity index (χ4n) is 4.84. The van der Waals surface area contributed by atoms with Crippen molar-refractivity contribution in [1.29, 1.82) is 0 Å². The number of rotatable bonds is 6. The average Bonchev–Trinajstić information content (AvgIpc) is 3.45. The normalized spacial score (nSPS) is 22.2. The maximum atomic E-state index is 13.7. The molecule has 1 aliphatic heterocycles. The molecule has 3 aromatic rings. The van der Waals surface area contributed by atoms with Crippen LogP contribution in [-0.4, -0.2) is 44.0 Å². The Kier molecular flexibility index (Phi) is 5.80. The number of anilines is 2. The molecule has 188 valence electrons. The van der Waals surface area contributed by atoms with Gasteiger partial charge in [0.05, 0.1) is 11.6 Å². The number of fused-ring (bicyclic) bond motifs is 2. The first-order chi connectivity index (χ1) is 16.6. The van der Waals surface area contributed by atoms with Gasteiger partial charge < -0.3 is 19.5 Å². The van der Waals surface area contributed by atoms with Gasteiger partial charge in [-0.1, -0.05) is 5.16 Å². The second-order valence-electron chi connectivity index (χ2n) is 9.29. The van der Waals surface area contributed by atoms with E-state index in [2.05, 4.69) is 30.4 Å². The molecule has 0 unspecified atom stereocenters. The Morgan fingerprint density at radius 2 is 1.86 bits per heavy atom. The number of hydrogen-bond acceptors (Lipinski definition) is 8. The van der Waals surface area contributed by atoms with Crippen LogP contribution in [0.4, 0.5) is 29.5 Å². The molecule has 5 rings (SSSR count). The van der Waals surface area contributed by atoms with E-state index in [4.69, 9.17) is 9.26 Å². The van der Waals surface area contributed by atoms with Crippen molar-refractivity contribution in [2.75, 3.05) is 23.3 Å². The number of alkyl halides is 3. The van der Waals surface area contributed by atoms with Crippen LogP contribution in [0.5, 0.6) is 11.8 Å². The van der Waals surface area contributed by atoms with E-state index in [1.807, 2.05) is 13.8 Å². The summed E-state index contributed by atoms with van der Waals surface area (Å²) in [7, 11) is 0. The summed E-state index contributed by atoms with van der Waals surface area (Å²) in [5.41, 5.74) is -1.40. The van der Waals surface area contributed by atoms with Crippen LogP contribution in [0.2, 0.25) is 0 Å². The zero-order valence-corrected chi connectivity index (χ0v) is 19.4. The van der Waals surface area contributed by atoms with E-state index >= 15 is 0 Å². The molecule has 2 fully saturated rings. The molecule has 1 saturated carbocycles. The van der Waals surface area contributed by atoms with Crippen LogP contribution in [0.25, 0.3) is 0 Å². The minimum Gasteiger partial charge on any atom is -0.424 e. The Bertz CT molecular complexity index is 1190. The molecule has 1 saturated heterocycles. The maximum Gasteiger partial charge on any atom is 0.419 e. The van der Waals surface area contributed by atoms with Crippen LogP contribution in [-0.2, 0) is 6.18 Å². The van der Waals surface area contributed by atoms with Gasteiger partial charge >= 0.3 is 18.2 Å². The number of aromatic nitrogens is 5. The summed E-state index contributed by atoms with van der Waals surface area (Å²) < 4.78 is 65.4. The van der Waals surface area contributed by atoms with Crippen LogP contribution in [0, 0.1) is 24.6 Å². The molecule has 0 amide bonds. The number of ether oxygens (including phenoxy) is 1. The van der Waals surface area contributed by atoms with Gasteiger partial charge in [-0.05, 0) is 63.6 Å².